The highest BCUT2D eigenvalue weighted by molar-refractivity contribution is 5.20. The lowest BCUT2D eigenvalue weighted by Gasteiger charge is -2.06. The monoisotopic (exact) mass is 252 g/mol. The van der Waals surface area contributed by atoms with Crippen LogP contribution in [-0.2, 0) is 6.61 Å². The van der Waals surface area contributed by atoms with Gasteiger partial charge in [0.05, 0.1) is 18.0 Å². The third-order valence-corrected chi connectivity index (χ3v) is 2.55. The molecule has 0 radical (unpaired) electrons. The van der Waals surface area contributed by atoms with Gasteiger partial charge in [-0.05, 0) is 26.0 Å². The Labute approximate surface area is 104 Å². The number of hydrogen-bond donors (Lipinski definition) is 0. The van der Waals surface area contributed by atoms with Gasteiger partial charge in [-0.1, -0.05) is 6.07 Å². The molecular formula is C13H14F2N2O. The molecule has 1 aromatic heterocycles. The average molecular weight is 252 g/mol. The lowest BCUT2D eigenvalue weighted by atomic mass is 10.2. The Balaban J connectivity index is 2.07. The first-order chi connectivity index (χ1) is 8.58. The fourth-order valence-electron chi connectivity index (χ4n) is 1.50. The zero-order valence-corrected chi connectivity index (χ0v) is 10.2. The predicted molar refractivity (Wildman–Crippen MR) is 63.3 cm³/mol. The molecule has 5 heteroatoms. The van der Waals surface area contributed by atoms with Gasteiger partial charge in [-0.2, -0.15) is 5.10 Å². The van der Waals surface area contributed by atoms with E-state index in [-0.39, 0.29) is 18.2 Å². The van der Waals surface area contributed by atoms with Crippen LogP contribution in [0.25, 0.3) is 0 Å². The summed E-state index contributed by atoms with van der Waals surface area (Å²) in [6.07, 6.45) is 3.22. The molecule has 0 saturated heterocycles. The molecule has 96 valence electrons. The van der Waals surface area contributed by atoms with E-state index < -0.39 is 11.6 Å². The van der Waals surface area contributed by atoms with Crippen molar-refractivity contribution in [3.8, 4) is 5.75 Å². The summed E-state index contributed by atoms with van der Waals surface area (Å²) >= 11 is 0. The standard InChI is InChI=1S/C13H14F2N2O/c1-9(2)17-7-10(6-16-17)18-8-11-12(14)4-3-5-13(11)15/h3-7,9H,8H2,1-2H3. The van der Waals surface area contributed by atoms with E-state index in [1.807, 2.05) is 13.8 Å². The lowest BCUT2D eigenvalue weighted by molar-refractivity contribution is 0.292. The van der Waals surface area contributed by atoms with Crippen LogP contribution in [0.1, 0.15) is 25.5 Å². The van der Waals surface area contributed by atoms with Crippen LogP contribution in [0, 0.1) is 11.6 Å². The Bertz CT molecular complexity index is 517. The maximum Gasteiger partial charge on any atom is 0.157 e. The number of aromatic nitrogens is 2. The van der Waals surface area contributed by atoms with Gasteiger partial charge in [0.2, 0.25) is 0 Å². The maximum absolute atomic E-state index is 13.3. The van der Waals surface area contributed by atoms with E-state index in [9.17, 15) is 8.78 Å². The van der Waals surface area contributed by atoms with E-state index in [4.69, 9.17) is 4.74 Å². The minimum absolute atomic E-state index is 0.0743. The van der Waals surface area contributed by atoms with Crippen LogP contribution in [0.4, 0.5) is 8.78 Å². The van der Waals surface area contributed by atoms with Gasteiger partial charge in [0, 0.05) is 6.04 Å². The Morgan fingerprint density at radius 1 is 1.28 bits per heavy atom. The van der Waals surface area contributed by atoms with Gasteiger partial charge in [-0.3, -0.25) is 4.68 Å². The average Bonchev–Trinajstić information content (AvgIpc) is 2.77. The van der Waals surface area contributed by atoms with Crippen molar-refractivity contribution in [3.05, 3.63) is 47.8 Å². The Hall–Kier alpha value is -1.91. The Morgan fingerprint density at radius 2 is 1.94 bits per heavy atom. The molecule has 2 aromatic rings. The first-order valence-corrected chi connectivity index (χ1v) is 5.67. The summed E-state index contributed by atoms with van der Waals surface area (Å²) in [5, 5.41) is 4.08. The van der Waals surface area contributed by atoms with Crippen molar-refractivity contribution in [2.24, 2.45) is 0 Å². The molecule has 0 spiro atoms. The van der Waals surface area contributed by atoms with Gasteiger partial charge in [-0.15, -0.1) is 0 Å². The molecule has 0 N–H and O–H groups in total. The summed E-state index contributed by atoms with van der Waals surface area (Å²) in [6.45, 7) is 3.81. The van der Waals surface area contributed by atoms with Crippen molar-refractivity contribution in [1.29, 1.82) is 0 Å². The quantitative estimate of drug-likeness (QED) is 0.834. The highest BCUT2D eigenvalue weighted by Crippen LogP contribution is 2.17. The molecule has 3 nitrogen and oxygen atoms in total. The van der Waals surface area contributed by atoms with Crippen molar-refractivity contribution >= 4 is 0 Å². The lowest BCUT2D eigenvalue weighted by Crippen LogP contribution is -2.02. The molecule has 0 atom stereocenters. The van der Waals surface area contributed by atoms with E-state index in [1.54, 1.807) is 10.9 Å². The highest BCUT2D eigenvalue weighted by atomic mass is 19.1. The van der Waals surface area contributed by atoms with Crippen molar-refractivity contribution in [1.82, 2.24) is 9.78 Å². The maximum atomic E-state index is 13.3. The zero-order valence-electron chi connectivity index (χ0n) is 10.2. The third kappa shape index (κ3) is 2.67. The van der Waals surface area contributed by atoms with Crippen LogP contribution < -0.4 is 4.74 Å². The van der Waals surface area contributed by atoms with Gasteiger partial charge < -0.3 is 4.74 Å². The van der Waals surface area contributed by atoms with Crippen LogP contribution in [0.5, 0.6) is 5.75 Å². The molecule has 1 heterocycles. The second kappa shape index (κ2) is 5.16. The number of ether oxygens (including phenoxy) is 1. The van der Waals surface area contributed by atoms with Gasteiger partial charge in [0.15, 0.2) is 5.75 Å². The largest absolute Gasteiger partial charge is 0.485 e. The SMILES string of the molecule is CC(C)n1cc(OCc2c(F)cccc2F)cn1. The third-order valence-electron chi connectivity index (χ3n) is 2.55. The van der Waals surface area contributed by atoms with Gasteiger partial charge >= 0.3 is 0 Å². The summed E-state index contributed by atoms with van der Waals surface area (Å²) in [7, 11) is 0. The minimum Gasteiger partial charge on any atom is -0.485 e. The molecule has 0 bridgehead atoms. The molecule has 0 aliphatic rings. The van der Waals surface area contributed by atoms with Crippen LogP contribution in [0.2, 0.25) is 0 Å². The fourth-order valence-corrected chi connectivity index (χ4v) is 1.50. The van der Waals surface area contributed by atoms with Gasteiger partial charge in [0.1, 0.15) is 18.2 Å². The summed E-state index contributed by atoms with van der Waals surface area (Å²) in [4.78, 5) is 0. The Morgan fingerprint density at radius 3 is 2.50 bits per heavy atom. The zero-order chi connectivity index (χ0) is 13.1. The molecule has 1 aromatic carbocycles. The first-order valence-electron chi connectivity index (χ1n) is 5.67. The van der Waals surface area contributed by atoms with E-state index in [0.717, 1.165) is 0 Å². The predicted octanol–water partition coefficient (Wildman–Crippen LogP) is 3.32. The van der Waals surface area contributed by atoms with E-state index >= 15 is 0 Å². The number of benzene rings is 1. The fraction of sp³-hybridized carbons (Fsp3) is 0.308. The summed E-state index contributed by atoms with van der Waals surface area (Å²) in [5.41, 5.74) is -0.0743. The van der Waals surface area contributed by atoms with Crippen molar-refractivity contribution < 1.29 is 13.5 Å². The van der Waals surface area contributed by atoms with Crippen LogP contribution in [0.3, 0.4) is 0 Å². The van der Waals surface area contributed by atoms with E-state index in [1.165, 1.54) is 24.4 Å². The number of rotatable bonds is 4. The number of halogens is 2. The molecule has 2 rings (SSSR count). The van der Waals surface area contributed by atoms with Crippen LogP contribution in [0.15, 0.2) is 30.6 Å². The second-order valence-corrected chi connectivity index (χ2v) is 4.24. The van der Waals surface area contributed by atoms with E-state index in [0.29, 0.717) is 5.75 Å². The molecule has 0 unspecified atom stereocenters. The molecule has 0 aliphatic carbocycles. The molecule has 18 heavy (non-hydrogen) atoms. The van der Waals surface area contributed by atoms with Gasteiger partial charge in [-0.25, -0.2) is 8.78 Å². The summed E-state index contributed by atoms with van der Waals surface area (Å²) in [5.74, 6) is -0.719. The minimum atomic E-state index is -0.605. The number of hydrogen-bond acceptors (Lipinski definition) is 2. The highest BCUT2D eigenvalue weighted by Gasteiger charge is 2.10. The van der Waals surface area contributed by atoms with Crippen LogP contribution >= 0.6 is 0 Å². The van der Waals surface area contributed by atoms with Gasteiger partial charge in [0.25, 0.3) is 0 Å². The van der Waals surface area contributed by atoms with Crippen molar-refractivity contribution in [2.45, 2.75) is 26.5 Å². The Kier molecular flexibility index (Phi) is 3.60. The summed E-state index contributed by atoms with van der Waals surface area (Å²) in [6, 6.07) is 3.95. The smallest absolute Gasteiger partial charge is 0.157 e. The molecule has 0 fully saturated rings. The van der Waals surface area contributed by atoms with Crippen molar-refractivity contribution in [2.75, 3.05) is 0 Å². The molecule has 0 aliphatic heterocycles. The molecular weight excluding hydrogens is 238 g/mol. The molecule has 0 amide bonds. The topological polar surface area (TPSA) is 27.1 Å². The summed E-state index contributed by atoms with van der Waals surface area (Å²) < 4.78 is 33.7. The van der Waals surface area contributed by atoms with Crippen molar-refractivity contribution in [3.63, 3.8) is 0 Å². The normalized spacial score (nSPS) is 10.9. The van der Waals surface area contributed by atoms with Crippen LogP contribution in [-0.4, -0.2) is 9.78 Å². The number of nitrogens with zero attached hydrogens (tertiary/aromatic N) is 2. The van der Waals surface area contributed by atoms with E-state index in [2.05, 4.69) is 5.10 Å². The second-order valence-electron chi connectivity index (χ2n) is 4.24. The first kappa shape index (κ1) is 12.5. The molecule has 0 saturated carbocycles.